The highest BCUT2D eigenvalue weighted by Gasteiger charge is 2.17. The van der Waals surface area contributed by atoms with Crippen molar-refractivity contribution in [1.29, 1.82) is 5.41 Å². The third kappa shape index (κ3) is 4.66. The van der Waals surface area contributed by atoms with Gasteiger partial charge < -0.3 is 15.1 Å². The van der Waals surface area contributed by atoms with E-state index in [1.54, 1.807) is 20.1 Å². The van der Waals surface area contributed by atoms with E-state index < -0.39 is 11.7 Å². The molecule has 8 heteroatoms. The Balaban J connectivity index is 1.79. The van der Waals surface area contributed by atoms with Crippen LogP contribution in [0.25, 0.3) is 0 Å². The highest BCUT2D eigenvalue weighted by Crippen LogP contribution is 2.22. The molecule has 1 amide bonds. The van der Waals surface area contributed by atoms with Crippen LogP contribution in [0.1, 0.15) is 36.0 Å². The fourth-order valence-electron chi connectivity index (χ4n) is 2.72. The van der Waals surface area contributed by atoms with Crippen molar-refractivity contribution in [3.8, 4) is 0 Å². The fourth-order valence-corrected chi connectivity index (χ4v) is 2.72. The maximum absolute atomic E-state index is 14.2. The number of nitrogens with one attached hydrogen (secondary N) is 3. The Morgan fingerprint density at radius 1 is 1.31 bits per heavy atom. The van der Waals surface area contributed by atoms with Crippen molar-refractivity contribution in [3.05, 3.63) is 64.8 Å². The van der Waals surface area contributed by atoms with Gasteiger partial charge in [0, 0.05) is 30.6 Å². The van der Waals surface area contributed by atoms with Gasteiger partial charge in [-0.3, -0.25) is 10.2 Å². The lowest BCUT2D eigenvalue weighted by molar-refractivity contribution is 0.0994. The number of hydrogen-bond acceptors (Lipinski definition) is 5. The number of nitrogens with zero attached hydrogens (tertiary/aromatic N) is 2. The summed E-state index contributed by atoms with van der Waals surface area (Å²) in [6, 6.07) is 4.16. The average molecular weight is 395 g/mol. The monoisotopic (exact) mass is 395 g/mol. The standard InChI is InChI=1S/C21H22FN5O2/c1-11(2)14-7-15(20(23)25-9-14)10-24-18-8-16(5-6-17(18)22)27-21(28)19-12(3)26-13(4)29-19/h5-11,23-24H,1-4H3,(H,27,28)/b15-10-,23-20?. The van der Waals surface area contributed by atoms with Gasteiger partial charge in [-0.2, -0.15) is 0 Å². The van der Waals surface area contributed by atoms with E-state index in [0.717, 1.165) is 5.57 Å². The van der Waals surface area contributed by atoms with Crippen LogP contribution in [0.5, 0.6) is 0 Å². The van der Waals surface area contributed by atoms with Gasteiger partial charge in [0.05, 0.1) is 11.4 Å². The Morgan fingerprint density at radius 2 is 2.07 bits per heavy atom. The zero-order chi connectivity index (χ0) is 21.1. The summed E-state index contributed by atoms with van der Waals surface area (Å²) < 4.78 is 19.5. The summed E-state index contributed by atoms with van der Waals surface area (Å²) in [6.45, 7) is 7.39. The number of dihydropyridines is 1. The lowest BCUT2D eigenvalue weighted by Crippen LogP contribution is -2.13. The molecule has 1 aliphatic heterocycles. The van der Waals surface area contributed by atoms with Gasteiger partial charge >= 0.3 is 0 Å². The summed E-state index contributed by atoms with van der Waals surface area (Å²) in [7, 11) is 0. The molecule has 0 radical (unpaired) electrons. The SMILES string of the molecule is Cc1nc(C)c(C(=O)Nc2ccc(F)c(N/C=C3/C=C(C(C)C)C=NC3=N)c2)o1. The number of amidine groups is 1. The second kappa shape index (κ2) is 8.22. The number of halogens is 1. The molecule has 1 aromatic heterocycles. The molecule has 1 aromatic carbocycles. The minimum absolute atomic E-state index is 0.0860. The first kappa shape index (κ1) is 20.2. The van der Waals surface area contributed by atoms with Crippen LogP contribution < -0.4 is 10.6 Å². The number of aromatic nitrogens is 1. The Morgan fingerprint density at radius 3 is 2.72 bits per heavy atom. The predicted molar refractivity (Wildman–Crippen MR) is 111 cm³/mol. The number of carbonyl (C=O) groups excluding carboxylic acids is 1. The Labute approximate surface area is 168 Å². The molecular weight excluding hydrogens is 373 g/mol. The summed E-state index contributed by atoms with van der Waals surface area (Å²) in [5.41, 5.74) is 2.55. The smallest absolute Gasteiger partial charge is 0.293 e. The van der Waals surface area contributed by atoms with E-state index in [9.17, 15) is 9.18 Å². The molecule has 7 nitrogen and oxygen atoms in total. The molecule has 0 saturated heterocycles. The molecule has 0 bridgehead atoms. The highest BCUT2D eigenvalue weighted by atomic mass is 19.1. The zero-order valence-corrected chi connectivity index (χ0v) is 16.6. The van der Waals surface area contributed by atoms with Crippen LogP contribution in [-0.4, -0.2) is 22.9 Å². The van der Waals surface area contributed by atoms with Crippen LogP contribution >= 0.6 is 0 Å². The Hall–Kier alpha value is -3.55. The first-order valence-electron chi connectivity index (χ1n) is 9.11. The number of allylic oxidation sites excluding steroid dienone is 1. The minimum Gasteiger partial charge on any atom is -0.436 e. The van der Waals surface area contributed by atoms with E-state index in [1.807, 2.05) is 19.9 Å². The molecule has 0 aliphatic carbocycles. The quantitative estimate of drug-likeness (QED) is 0.687. The van der Waals surface area contributed by atoms with Gasteiger partial charge in [0.15, 0.2) is 11.7 Å². The molecule has 29 heavy (non-hydrogen) atoms. The van der Waals surface area contributed by atoms with Crippen molar-refractivity contribution in [2.24, 2.45) is 10.9 Å². The van der Waals surface area contributed by atoms with Gasteiger partial charge in [0.2, 0.25) is 5.76 Å². The molecule has 0 unspecified atom stereocenters. The molecule has 3 N–H and O–H groups in total. The van der Waals surface area contributed by atoms with Crippen molar-refractivity contribution in [2.75, 3.05) is 10.6 Å². The molecule has 0 atom stereocenters. The van der Waals surface area contributed by atoms with Gasteiger partial charge in [-0.05, 0) is 42.7 Å². The van der Waals surface area contributed by atoms with Crippen LogP contribution in [0.4, 0.5) is 15.8 Å². The zero-order valence-electron chi connectivity index (χ0n) is 16.6. The maximum atomic E-state index is 14.2. The summed E-state index contributed by atoms with van der Waals surface area (Å²) in [5.74, 6) is -0.107. The number of aliphatic imine (C=N–C) groups is 1. The highest BCUT2D eigenvalue weighted by molar-refractivity contribution is 6.09. The number of anilines is 2. The van der Waals surface area contributed by atoms with Crippen molar-refractivity contribution in [3.63, 3.8) is 0 Å². The number of hydrogen-bond donors (Lipinski definition) is 3. The van der Waals surface area contributed by atoms with Gasteiger partial charge in [-0.1, -0.05) is 13.8 Å². The first-order valence-corrected chi connectivity index (χ1v) is 9.11. The van der Waals surface area contributed by atoms with Crippen molar-refractivity contribution >= 4 is 29.3 Å². The van der Waals surface area contributed by atoms with Gasteiger partial charge in [0.25, 0.3) is 5.91 Å². The molecule has 150 valence electrons. The number of amides is 1. The van der Waals surface area contributed by atoms with Crippen molar-refractivity contribution in [2.45, 2.75) is 27.7 Å². The molecule has 0 fully saturated rings. The number of carbonyl (C=O) groups is 1. The van der Waals surface area contributed by atoms with Crippen LogP contribution in [-0.2, 0) is 0 Å². The average Bonchev–Trinajstić information content (AvgIpc) is 3.01. The summed E-state index contributed by atoms with van der Waals surface area (Å²) in [6.07, 6.45) is 5.02. The second-order valence-corrected chi connectivity index (χ2v) is 6.95. The molecule has 0 spiro atoms. The normalized spacial score (nSPS) is 15.0. The lowest BCUT2D eigenvalue weighted by Gasteiger charge is -2.13. The van der Waals surface area contributed by atoms with Crippen LogP contribution in [0, 0.1) is 31.0 Å². The summed E-state index contributed by atoms with van der Waals surface area (Å²) in [5, 5.41) is 13.5. The van der Waals surface area contributed by atoms with E-state index in [0.29, 0.717) is 22.8 Å². The van der Waals surface area contributed by atoms with Crippen molar-refractivity contribution < 1.29 is 13.6 Å². The fraction of sp³-hybridized carbons (Fsp3) is 0.238. The molecule has 3 rings (SSSR count). The molecular formula is C21H22FN5O2. The number of benzene rings is 1. The third-order valence-corrected chi connectivity index (χ3v) is 4.32. The largest absolute Gasteiger partial charge is 0.436 e. The predicted octanol–water partition coefficient (Wildman–Crippen LogP) is 4.62. The molecule has 1 aliphatic rings. The lowest BCUT2D eigenvalue weighted by atomic mass is 9.99. The second-order valence-electron chi connectivity index (χ2n) is 6.95. The van der Waals surface area contributed by atoms with E-state index in [1.165, 1.54) is 24.4 Å². The van der Waals surface area contributed by atoms with E-state index >= 15 is 0 Å². The van der Waals surface area contributed by atoms with Crippen molar-refractivity contribution in [1.82, 2.24) is 4.98 Å². The molecule has 0 saturated carbocycles. The van der Waals surface area contributed by atoms with Crippen LogP contribution in [0.3, 0.4) is 0 Å². The van der Waals surface area contributed by atoms with E-state index in [2.05, 4.69) is 20.6 Å². The Bertz CT molecular complexity index is 1060. The minimum atomic E-state index is -0.495. The Kier molecular flexibility index (Phi) is 5.72. The maximum Gasteiger partial charge on any atom is 0.293 e. The number of oxazole rings is 1. The van der Waals surface area contributed by atoms with Gasteiger partial charge in [-0.25, -0.2) is 14.4 Å². The third-order valence-electron chi connectivity index (χ3n) is 4.32. The van der Waals surface area contributed by atoms with Gasteiger partial charge in [0.1, 0.15) is 5.82 Å². The van der Waals surface area contributed by atoms with E-state index in [-0.39, 0.29) is 23.2 Å². The molecule has 2 heterocycles. The van der Waals surface area contributed by atoms with E-state index in [4.69, 9.17) is 9.83 Å². The number of rotatable bonds is 5. The molecule has 2 aromatic rings. The van der Waals surface area contributed by atoms with Gasteiger partial charge in [-0.15, -0.1) is 0 Å². The first-order chi connectivity index (χ1) is 13.7. The summed E-state index contributed by atoms with van der Waals surface area (Å²) >= 11 is 0. The number of aryl methyl sites for hydroxylation is 2. The van der Waals surface area contributed by atoms with Crippen LogP contribution in [0.15, 0.2) is 51.0 Å². The topological polar surface area (TPSA) is 103 Å². The van der Waals surface area contributed by atoms with Crippen LogP contribution in [0.2, 0.25) is 0 Å². The summed E-state index contributed by atoms with van der Waals surface area (Å²) in [4.78, 5) is 20.5.